The number of aryl methyl sites for hydroxylation is 2. The highest BCUT2D eigenvalue weighted by Crippen LogP contribution is 2.26. The van der Waals surface area contributed by atoms with Gasteiger partial charge in [-0.1, -0.05) is 66.2 Å². The molecule has 0 saturated carbocycles. The fraction of sp³-hybridized carbons (Fsp3) is 0.0870. The van der Waals surface area contributed by atoms with Crippen LogP contribution in [0.4, 0.5) is 5.82 Å². The normalized spacial score (nSPS) is 10.6. The maximum absolute atomic E-state index is 12.7. The molecule has 0 fully saturated rings. The average Bonchev–Trinajstić information content (AvgIpc) is 3.12. The van der Waals surface area contributed by atoms with Crippen LogP contribution in [-0.2, 0) is 0 Å². The van der Waals surface area contributed by atoms with E-state index in [1.165, 1.54) is 5.56 Å². The van der Waals surface area contributed by atoms with E-state index in [9.17, 15) is 4.79 Å². The highest BCUT2D eigenvalue weighted by atomic mass is 16.1. The zero-order valence-electron chi connectivity index (χ0n) is 15.8. The zero-order chi connectivity index (χ0) is 19.5. The highest BCUT2D eigenvalue weighted by Gasteiger charge is 2.18. The molecule has 0 aliphatic heterocycles. The fourth-order valence-corrected chi connectivity index (χ4v) is 3.09. The number of hydrogen-bond donors (Lipinski definition) is 1. The van der Waals surface area contributed by atoms with Crippen LogP contribution in [0.5, 0.6) is 0 Å². The second kappa shape index (κ2) is 7.48. The molecule has 1 aromatic heterocycles. The minimum atomic E-state index is -0.217. The van der Waals surface area contributed by atoms with Gasteiger partial charge in [0.15, 0.2) is 5.82 Å². The van der Waals surface area contributed by atoms with Crippen LogP contribution in [0.3, 0.4) is 0 Å². The monoisotopic (exact) mass is 368 g/mol. The van der Waals surface area contributed by atoms with Crippen LogP contribution in [0.2, 0.25) is 0 Å². The minimum absolute atomic E-state index is 0.217. The SMILES string of the molecule is Cc1ccc(-n2nc(NC(=O)c3ccccc3)c(-c3ccccc3)n2)c(C)c1. The molecule has 138 valence electrons. The van der Waals surface area contributed by atoms with Crippen LogP contribution >= 0.6 is 0 Å². The summed E-state index contributed by atoms with van der Waals surface area (Å²) in [6, 6.07) is 24.9. The highest BCUT2D eigenvalue weighted by molar-refractivity contribution is 6.05. The summed E-state index contributed by atoms with van der Waals surface area (Å²) in [7, 11) is 0. The number of carbonyl (C=O) groups excluding carboxylic acids is 1. The number of aromatic nitrogens is 3. The second-order valence-corrected chi connectivity index (χ2v) is 6.66. The van der Waals surface area contributed by atoms with Gasteiger partial charge in [-0.25, -0.2) is 0 Å². The lowest BCUT2D eigenvalue weighted by Gasteiger charge is -2.05. The molecule has 0 atom stereocenters. The topological polar surface area (TPSA) is 59.8 Å². The van der Waals surface area contributed by atoms with Crippen molar-refractivity contribution in [1.82, 2.24) is 15.0 Å². The smallest absolute Gasteiger partial charge is 0.256 e. The largest absolute Gasteiger partial charge is 0.303 e. The van der Waals surface area contributed by atoms with E-state index in [-0.39, 0.29) is 5.91 Å². The molecular weight excluding hydrogens is 348 g/mol. The number of nitrogens with one attached hydrogen (secondary N) is 1. The third kappa shape index (κ3) is 3.55. The van der Waals surface area contributed by atoms with Gasteiger partial charge in [0, 0.05) is 11.1 Å². The Morgan fingerprint density at radius 1 is 0.857 bits per heavy atom. The van der Waals surface area contributed by atoms with Crippen molar-refractivity contribution in [2.75, 3.05) is 5.32 Å². The molecule has 28 heavy (non-hydrogen) atoms. The maximum Gasteiger partial charge on any atom is 0.256 e. The van der Waals surface area contributed by atoms with Crippen molar-refractivity contribution in [1.29, 1.82) is 0 Å². The summed E-state index contributed by atoms with van der Waals surface area (Å²) in [4.78, 5) is 14.2. The summed E-state index contributed by atoms with van der Waals surface area (Å²) >= 11 is 0. The van der Waals surface area contributed by atoms with Gasteiger partial charge >= 0.3 is 0 Å². The van der Waals surface area contributed by atoms with Crippen molar-refractivity contribution in [3.8, 4) is 16.9 Å². The summed E-state index contributed by atoms with van der Waals surface area (Å²) in [6.45, 7) is 4.07. The number of hydrogen-bond acceptors (Lipinski definition) is 3. The number of amides is 1. The Morgan fingerprint density at radius 2 is 1.54 bits per heavy atom. The molecule has 0 aliphatic carbocycles. The Bertz CT molecular complexity index is 1120. The molecule has 4 aromatic rings. The number of carbonyl (C=O) groups is 1. The molecule has 4 rings (SSSR count). The standard InChI is InChI=1S/C23H20N4O/c1-16-13-14-20(17(2)15-16)27-25-21(18-9-5-3-6-10-18)22(26-27)24-23(28)19-11-7-4-8-12-19/h3-15H,1-2H3,(H,24,26,28). The molecule has 5 heteroatoms. The van der Waals surface area contributed by atoms with Crippen LogP contribution in [0.15, 0.2) is 78.9 Å². The van der Waals surface area contributed by atoms with Gasteiger partial charge in [-0.2, -0.15) is 0 Å². The van der Waals surface area contributed by atoms with Crippen molar-refractivity contribution < 1.29 is 4.79 Å². The first-order valence-electron chi connectivity index (χ1n) is 9.08. The van der Waals surface area contributed by atoms with Gasteiger partial charge < -0.3 is 5.32 Å². The predicted molar refractivity (Wildman–Crippen MR) is 111 cm³/mol. The number of benzene rings is 3. The zero-order valence-corrected chi connectivity index (χ0v) is 15.8. The van der Waals surface area contributed by atoms with Gasteiger partial charge in [0.05, 0.1) is 5.69 Å². The van der Waals surface area contributed by atoms with Crippen LogP contribution in [-0.4, -0.2) is 20.9 Å². The molecular formula is C23H20N4O. The molecule has 1 heterocycles. The molecule has 0 spiro atoms. The van der Waals surface area contributed by atoms with Crippen LogP contribution in [0.1, 0.15) is 21.5 Å². The minimum Gasteiger partial charge on any atom is -0.303 e. The summed E-state index contributed by atoms with van der Waals surface area (Å²) in [5.41, 5.74) is 5.21. The molecule has 0 unspecified atom stereocenters. The molecule has 3 aromatic carbocycles. The molecule has 0 radical (unpaired) electrons. The van der Waals surface area contributed by atoms with Crippen LogP contribution in [0, 0.1) is 13.8 Å². The Hall–Kier alpha value is -3.73. The van der Waals surface area contributed by atoms with E-state index in [0.29, 0.717) is 17.1 Å². The summed E-state index contributed by atoms with van der Waals surface area (Å²) in [5.74, 6) is 0.213. The van der Waals surface area contributed by atoms with Crippen molar-refractivity contribution >= 4 is 11.7 Å². The summed E-state index contributed by atoms with van der Waals surface area (Å²) in [6.07, 6.45) is 0. The number of anilines is 1. The van der Waals surface area contributed by atoms with Crippen LogP contribution in [0.25, 0.3) is 16.9 Å². The Labute approximate surface area is 163 Å². The second-order valence-electron chi connectivity index (χ2n) is 6.66. The first kappa shape index (κ1) is 17.7. The van der Waals surface area contributed by atoms with Crippen LogP contribution < -0.4 is 5.32 Å². The summed E-state index contributed by atoms with van der Waals surface area (Å²) < 4.78 is 0. The first-order valence-corrected chi connectivity index (χ1v) is 9.08. The van der Waals surface area contributed by atoms with Crippen molar-refractivity contribution in [3.63, 3.8) is 0 Å². The van der Waals surface area contributed by atoms with Crippen molar-refractivity contribution in [3.05, 3.63) is 95.6 Å². The van der Waals surface area contributed by atoms with Gasteiger partial charge in [0.25, 0.3) is 5.91 Å². The Balaban J connectivity index is 1.78. The van der Waals surface area contributed by atoms with E-state index in [1.54, 1.807) is 16.9 Å². The molecule has 1 N–H and O–H groups in total. The van der Waals surface area contributed by atoms with Gasteiger partial charge in [0.1, 0.15) is 5.69 Å². The third-order valence-corrected chi connectivity index (χ3v) is 4.50. The lowest BCUT2D eigenvalue weighted by atomic mass is 10.1. The lowest BCUT2D eigenvalue weighted by Crippen LogP contribution is -2.13. The maximum atomic E-state index is 12.7. The molecule has 0 saturated heterocycles. The van der Waals surface area contributed by atoms with Crippen molar-refractivity contribution in [2.45, 2.75) is 13.8 Å². The Morgan fingerprint density at radius 3 is 2.21 bits per heavy atom. The predicted octanol–water partition coefficient (Wildman–Crippen LogP) is 4.80. The van der Waals surface area contributed by atoms with E-state index in [0.717, 1.165) is 16.8 Å². The van der Waals surface area contributed by atoms with E-state index in [1.807, 2.05) is 74.5 Å². The molecule has 1 amide bonds. The van der Waals surface area contributed by atoms with Gasteiger partial charge in [0.2, 0.25) is 0 Å². The van der Waals surface area contributed by atoms with E-state index < -0.39 is 0 Å². The average molecular weight is 368 g/mol. The van der Waals surface area contributed by atoms with E-state index in [4.69, 9.17) is 0 Å². The number of rotatable bonds is 4. The van der Waals surface area contributed by atoms with Crippen molar-refractivity contribution in [2.24, 2.45) is 0 Å². The first-order chi connectivity index (χ1) is 13.6. The summed E-state index contributed by atoms with van der Waals surface area (Å²) in [5, 5.41) is 12.2. The van der Waals surface area contributed by atoms with Gasteiger partial charge in [-0.05, 0) is 37.6 Å². The third-order valence-electron chi connectivity index (χ3n) is 4.50. The Kier molecular flexibility index (Phi) is 4.72. The van der Waals surface area contributed by atoms with Gasteiger partial charge in [-0.3, -0.25) is 4.79 Å². The van der Waals surface area contributed by atoms with E-state index >= 15 is 0 Å². The van der Waals surface area contributed by atoms with Gasteiger partial charge in [-0.15, -0.1) is 15.0 Å². The molecule has 5 nitrogen and oxygen atoms in total. The van der Waals surface area contributed by atoms with E-state index in [2.05, 4.69) is 21.6 Å². The molecule has 0 aliphatic rings. The lowest BCUT2D eigenvalue weighted by molar-refractivity contribution is 0.102. The number of nitrogens with zero attached hydrogens (tertiary/aromatic N) is 3. The quantitative estimate of drug-likeness (QED) is 0.563. The molecule has 0 bridgehead atoms. The fourth-order valence-electron chi connectivity index (χ4n) is 3.09.